The molecule has 3 fully saturated rings. The number of ketones is 1. The number of nitrogens with two attached hydrogens (primary N) is 2. The molecule has 5 aromatic rings. The fraction of sp³-hybridized carbons (Fsp3) is 0.389. The van der Waals surface area contributed by atoms with Gasteiger partial charge in [-0.05, 0) is 164 Å². The van der Waals surface area contributed by atoms with Crippen molar-refractivity contribution in [2.45, 2.75) is 107 Å². The molecule has 0 aliphatic carbocycles. The van der Waals surface area contributed by atoms with Crippen molar-refractivity contribution in [3.8, 4) is 0 Å². The Kier molecular flexibility index (Phi) is 31.7. The molecule has 0 bridgehead atoms. The molecule has 0 amide bonds. The maximum absolute atomic E-state index is 12.7. The number of carbonyl (C=O) groups excluding carboxylic acids is 2. The van der Waals surface area contributed by atoms with E-state index < -0.39 is 30.9 Å². The van der Waals surface area contributed by atoms with E-state index in [1.165, 1.54) is 130 Å². The van der Waals surface area contributed by atoms with E-state index in [0.29, 0.717) is 5.56 Å². The maximum atomic E-state index is 12.7. The van der Waals surface area contributed by atoms with Gasteiger partial charge in [0.25, 0.3) is 5.24 Å². The van der Waals surface area contributed by atoms with Gasteiger partial charge in [0, 0.05) is 57.8 Å². The minimum Gasteiger partial charge on any atom is -0.850 e. The Balaban J connectivity index is 0.000000330. The van der Waals surface area contributed by atoms with Crippen LogP contribution in [0, 0.1) is 9.99 Å². The summed E-state index contributed by atoms with van der Waals surface area (Å²) in [5.41, 5.74) is 2.50. The van der Waals surface area contributed by atoms with Gasteiger partial charge in [0.1, 0.15) is 16.3 Å². The van der Waals surface area contributed by atoms with Crippen molar-refractivity contribution < 1.29 is 61.1 Å². The van der Waals surface area contributed by atoms with Gasteiger partial charge in [0.15, 0.2) is 5.78 Å². The van der Waals surface area contributed by atoms with E-state index in [-0.39, 0.29) is 66.3 Å². The van der Waals surface area contributed by atoms with E-state index >= 15 is 0 Å². The molecule has 0 atom stereocenters. The number of hydrogen-bond acceptors (Lipinski definition) is 10. The number of primary sulfonamides is 2. The van der Waals surface area contributed by atoms with Gasteiger partial charge in [0.05, 0.1) is 22.9 Å². The second-order valence-corrected chi connectivity index (χ2v) is 23.5. The van der Waals surface area contributed by atoms with Gasteiger partial charge in [-0.25, -0.2) is 27.1 Å². The Morgan fingerprint density at radius 3 is 1.41 bits per heavy atom. The Labute approximate surface area is 485 Å². The molecule has 5 N–H and O–H groups in total. The van der Waals surface area contributed by atoms with Gasteiger partial charge in [-0.15, -0.1) is 5.60 Å². The topological polar surface area (TPSA) is 196 Å². The Bertz CT molecular complexity index is 2590. The summed E-state index contributed by atoms with van der Waals surface area (Å²) in [6, 6.07) is 36.1. The first kappa shape index (κ1) is 66.4. The van der Waals surface area contributed by atoms with E-state index in [1.807, 2.05) is 30.3 Å². The summed E-state index contributed by atoms with van der Waals surface area (Å²) in [5.74, 6) is -0.269. The number of nitrogens with zero attached hydrogens (tertiary/aromatic N) is 2. The molecule has 0 saturated carbocycles. The molecule has 5 aromatic carbocycles. The van der Waals surface area contributed by atoms with Crippen LogP contribution in [0.1, 0.15) is 118 Å². The largest absolute Gasteiger partial charge is 1.00 e. The second kappa shape index (κ2) is 34.8. The van der Waals surface area contributed by atoms with Gasteiger partial charge in [-0.2, -0.15) is 0 Å². The monoisotopic (exact) mass is 1220 g/mol. The summed E-state index contributed by atoms with van der Waals surface area (Å²) in [6.45, 7) is 11.8. The van der Waals surface area contributed by atoms with Crippen LogP contribution in [0.3, 0.4) is 0 Å². The van der Waals surface area contributed by atoms with Crippen LogP contribution in [-0.2, 0) is 20.0 Å². The van der Waals surface area contributed by atoms with Crippen LogP contribution in [0.2, 0.25) is 10.0 Å². The first-order chi connectivity index (χ1) is 34.0. The summed E-state index contributed by atoms with van der Waals surface area (Å²) >= 11 is 18.9. The van der Waals surface area contributed by atoms with Gasteiger partial charge in [0.2, 0.25) is 20.0 Å². The Hall–Kier alpha value is -2.75. The molecule has 0 radical (unpaired) electrons. The van der Waals surface area contributed by atoms with E-state index in [9.17, 15) is 31.5 Å². The molecular formula is C54H69Cl3IN5NaO7S2+. The van der Waals surface area contributed by atoms with Crippen LogP contribution in [-0.4, -0.2) is 72.7 Å². The van der Waals surface area contributed by atoms with Crippen LogP contribution >= 0.6 is 57.4 Å². The summed E-state index contributed by atoms with van der Waals surface area (Å²) < 4.78 is 46.4. The zero-order chi connectivity index (χ0) is 53.2. The molecule has 3 heterocycles. The maximum Gasteiger partial charge on any atom is 1.00 e. The quantitative estimate of drug-likeness (QED) is 0.0468. The van der Waals surface area contributed by atoms with Crippen molar-refractivity contribution in [3.63, 3.8) is 0 Å². The smallest absolute Gasteiger partial charge is 0.850 e. The van der Waals surface area contributed by atoms with Crippen LogP contribution in [0.5, 0.6) is 0 Å². The number of halogens is 4. The average molecular weight is 1220 g/mol. The fourth-order valence-electron chi connectivity index (χ4n) is 7.25. The van der Waals surface area contributed by atoms with Crippen molar-refractivity contribution in [3.05, 3.63) is 158 Å². The minimum absolute atomic E-state index is 0. The van der Waals surface area contributed by atoms with Crippen molar-refractivity contribution in [2.75, 3.05) is 49.1 Å². The zero-order valence-corrected chi connectivity index (χ0v) is 50.4. The van der Waals surface area contributed by atoms with Crippen molar-refractivity contribution in [2.24, 2.45) is 10.3 Å². The molecule has 0 spiro atoms. The number of hydrogen-bond donors (Lipinski definition) is 3. The molecule has 3 aliphatic rings. The molecule has 19 heteroatoms. The number of para-hydroxylation sites is 1. The van der Waals surface area contributed by atoms with Gasteiger partial charge in [-0.1, -0.05) is 106 Å². The van der Waals surface area contributed by atoms with Crippen molar-refractivity contribution in [1.29, 1.82) is 0 Å². The van der Waals surface area contributed by atoms with Crippen LogP contribution in [0.15, 0.2) is 131 Å². The third kappa shape index (κ3) is 27.7. The summed E-state index contributed by atoms with van der Waals surface area (Å²) in [6.07, 6.45) is 16.8. The molecule has 12 nitrogen and oxygen atoms in total. The predicted octanol–water partition coefficient (Wildman–Crippen LogP) is 8.44. The van der Waals surface area contributed by atoms with E-state index in [0.717, 1.165) is 31.4 Å². The number of anilines is 2. The fourth-order valence-corrected chi connectivity index (χ4v) is 9.93. The van der Waals surface area contributed by atoms with Crippen LogP contribution < -0.4 is 60.1 Å². The molecule has 0 aromatic heterocycles. The average Bonchev–Trinajstić information content (AvgIpc) is 3.92. The Morgan fingerprint density at radius 2 is 1.00 bits per heavy atom. The van der Waals surface area contributed by atoms with E-state index in [4.69, 9.17) is 45.1 Å². The van der Waals surface area contributed by atoms with Gasteiger partial charge < -0.3 is 14.9 Å². The van der Waals surface area contributed by atoms with Crippen molar-refractivity contribution >= 4 is 99.8 Å². The molecule has 392 valence electrons. The van der Waals surface area contributed by atoms with Crippen LogP contribution in [0.25, 0.3) is 0 Å². The molecule has 3 aliphatic heterocycles. The van der Waals surface area contributed by atoms with Crippen molar-refractivity contribution in [1.82, 2.24) is 5.32 Å². The normalized spacial score (nSPS) is 14.8. The molecule has 8 rings (SSSR count). The number of carbonyl (C=O) groups is 2. The third-order valence-electron chi connectivity index (χ3n) is 10.8. The standard InChI is InChI=1S/C19H21ClN2O3S.C12H17N.C7H5Cl2NO3S.C6H5I.C6H12N.C4H9O.Na/c20-17-10-7-15(13-18(17)26(21,24)25)19(23)14-5-8-16(9-6-14)22-11-3-1-2-4-12-22;1-2-7-11-13(10-6-1)12-8-4-3-5-9-12;8-5-2-1-4(7(9)11)3-6(5)14(10,12)13;7-6-4-2-1-3-5-6;1-2-4-6-7-5-3-1;1-4(2,3)5;/h5-10,13H,1-4,11-12H2,(H2,21,24,25);3-5,8-9H,1-2,6-7,10-11H2;1-3H,(H2,10,12,13);1-5H;3,7H,1-2,4-6H2;1-3H3;/q;;;;+1;-1;+1. The number of nitrogens with one attached hydrogen (secondary N) is 1. The Morgan fingerprint density at radius 1 is 0.603 bits per heavy atom. The summed E-state index contributed by atoms with van der Waals surface area (Å²) in [4.78, 5) is 27.7. The van der Waals surface area contributed by atoms with E-state index in [2.05, 4.69) is 86.6 Å². The number of benzene rings is 5. The van der Waals surface area contributed by atoms with E-state index in [1.54, 1.807) is 32.9 Å². The number of rotatable bonds is 7. The summed E-state index contributed by atoms with van der Waals surface area (Å²) in [5, 5.41) is 22.6. The zero-order valence-electron chi connectivity index (χ0n) is 42.4. The molecular weight excluding hydrogens is 1150 g/mol. The predicted molar refractivity (Wildman–Crippen MR) is 303 cm³/mol. The second-order valence-electron chi connectivity index (χ2n) is 18.1. The molecule has 3 saturated heterocycles. The third-order valence-corrected chi connectivity index (χ3v) is 14.5. The molecule has 0 unspecified atom stereocenters. The number of sulfonamides is 2. The first-order valence-electron chi connectivity index (χ1n) is 24.0. The summed E-state index contributed by atoms with van der Waals surface area (Å²) in [7, 11) is -7.92. The molecule has 73 heavy (non-hydrogen) atoms. The van der Waals surface area contributed by atoms with Gasteiger partial charge in [-0.3, -0.25) is 14.9 Å². The SMILES string of the molecule is CC(C)(C)[O-].Ic1ccccc1.NS(=O)(=O)c1cc(C(=O)Cl)ccc1Cl.NS(=O)(=O)c1cc(C(=O)c2ccc(N3CCCCCC3)cc2)ccc1Cl.[CH+]1CCCCNC1.[Na+].c1ccc(N2CCCCCC2)cc1. The minimum atomic E-state index is -3.99. The van der Waals surface area contributed by atoms with Gasteiger partial charge >= 0.3 is 29.6 Å². The van der Waals surface area contributed by atoms with Crippen LogP contribution in [0.4, 0.5) is 11.4 Å². The first-order valence-corrected chi connectivity index (χ1v) is 29.3.